The minimum atomic E-state index is -0.228. The molecule has 0 saturated carbocycles. The number of rotatable bonds is 4. The average Bonchev–Trinajstić information content (AvgIpc) is 2.66. The zero-order valence-electron chi connectivity index (χ0n) is 13.5. The number of halogens is 2. The SMILES string of the molecule is O=C(Nc1cc(NC(=O)c2ccccc2)c(Br)cc1Br)c1ccccc1. The van der Waals surface area contributed by atoms with Gasteiger partial charge in [0.1, 0.15) is 0 Å². The van der Waals surface area contributed by atoms with E-state index >= 15 is 0 Å². The highest BCUT2D eigenvalue weighted by molar-refractivity contribution is 9.11. The van der Waals surface area contributed by atoms with Gasteiger partial charge in [0.2, 0.25) is 0 Å². The van der Waals surface area contributed by atoms with E-state index in [2.05, 4.69) is 42.5 Å². The first-order valence-corrected chi connectivity index (χ1v) is 9.35. The fraction of sp³-hybridized carbons (Fsp3) is 0. The highest BCUT2D eigenvalue weighted by Gasteiger charge is 2.13. The van der Waals surface area contributed by atoms with E-state index in [9.17, 15) is 9.59 Å². The van der Waals surface area contributed by atoms with Gasteiger partial charge in [0.15, 0.2) is 0 Å². The molecule has 0 aromatic heterocycles. The Balaban J connectivity index is 1.83. The zero-order valence-corrected chi connectivity index (χ0v) is 16.7. The second-order valence-electron chi connectivity index (χ2n) is 5.45. The summed E-state index contributed by atoms with van der Waals surface area (Å²) >= 11 is 6.87. The summed E-state index contributed by atoms with van der Waals surface area (Å²) in [6, 6.07) is 21.3. The van der Waals surface area contributed by atoms with Crippen molar-refractivity contribution in [3.63, 3.8) is 0 Å². The van der Waals surface area contributed by atoms with Crippen LogP contribution in [-0.4, -0.2) is 11.8 Å². The summed E-state index contributed by atoms with van der Waals surface area (Å²) < 4.78 is 1.40. The van der Waals surface area contributed by atoms with E-state index < -0.39 is 0 Å². The lowest BCUT2D eigenvalue weighted by Crippen LogP contribution is -2.14. The van der Waals surface area contributed by atoms with E-state index in [0.29, 0.717) is 31.4 Å². The van der Waals surface area contributed by atoms with Crippen LogP contribution in [0.4, 0.5) is 11.4 Å². The molecule has 0 saturated heterocycles. The molecular weight excluding hydrogens is 460 g/mol. The third kappa shape index (κ3) is 4.39. The average molecular weight is 474 g/mol. The van der Waals surface area contributed by atoms with E-state index in [-0.39, 0.29) is 11.8 Å². The largest absolute Gasteiger partial charge is 0.321 e. The van der Waals surface area contributed by atoms with Crippen molar-refractivity contribution in [2.45, 2.75) is 0 Å². The predicted molar refractivity (Wildman–Crippen MR) is 111 cm³/mol. The van der Waals surface area contributed by atoms with Crippen LogP contribution in [0.5, 0.6) is 0 Å². The minimum Gasteiger partial charge on any atom is -0.321 e. The molecule has 4 nitrogen and oxygen atoms in total. The van der Waals surface area contributed by atoms with Crippen molar-refractivity contribution in [1.82, 2.24) is 0 Å². The maximum atomic E-state index is 12.4. The standard InChI is InChI=1S/C20H14Br2N2O2/c21-15-11-16(22)18(24-20(26)14-9-5-2-6-10-14)12-17(15)23-19(25)13-7-3-1-4-8-13/h1-12H,(H,23,25)(H,24,26). The van der Waals surface area contributed by atoms with E-state index in [1.165, 1.54) is 0 Å². The molecule has 0 aliphatic rings. The topological polar surface area (TPSA) is 58.2 Å². The van der Waals surface area contributed by atoms with Crippen molar-refractivity contribution in [2.24, 2.45) is 0 Å². The third-order valence-corrected chi connectivity index (χ3v) is 4.94. The van der Waals surface area contributed by atoms with Crippen LogP contribution in [0.1, 0.15) is 20.7 Å². The monoisotopic (exact) mass is 472 g/mol. The van der Waals surface area contributed by atoms with Gasteiger partial charge in [-0.25, -0.2) is 0 Å². The molecule has 130 valence electrons. The molecule has 6 heteroatoms. The van der Waals surface area contributed by atoms with Gasteiger partial charge in [0.25, 0.3) is 11.8 Å². The fourth-order valence-electron chi connectivity index (χ4n) is 2.31. The Labute approximate surface area is 167 Å². The number of carbonyl (C=O) groups excluding carboxylic acids is 2. The number of hydrogen-bond acceptors (Lipinski definition) is 2. The van der Waals surface area contributed by atoms with Gasteiger partial charge in [-0.05, 0) is 68.3 Å². The van der Waals surface area contributed by atoms with E-state index in [1.54, 1.807) is 60.7 Å². The lowest BCUT2D eigenvalue weighted by molar-refractivity contribution is 0.101. The molecule has 0 bridgehead atoms. The van der Waals surface area contributed by atoms with Gasteiger partial charge in [-0.3, -0.25) is 9.59 Å². The van der Waals surface area contributed by atoms with Crippen molar-refractivity contribution in [2.75, 3.05) is 10.6 Å². The Hall–Kier alpha value is -2.44. The molecule has 3 aromatic rings. The van der Waals surface area contributed by atoms with Crippen molar-refractivity contribution >= 4 is 55.0 Å². The second kappa shape index (κ2) is 8.29. The second-order valence-corrected chi connectivity index (χ2v) is 7.16. The third-order valence-electron chi connectivity index (χ3n) is 3.63. The van der Waals surface area contributed by atoms with E-state index in [1.807, 2.05) is 12.1 Å². The molecule has 0 aliphatic heterocycles. The molecule has 3 rings (SSSR count). The highest BCUT2D eigenvalue weighted by Crippen LogP contribution is 2.33. The van der Waals surface area contributed by atoms with Gasteiger partial charge in [0.05, 0.1) is 11.4 Å². The number of anilines is 2. The van der Waals surface area contributed by atoms with Crippen LogP contribution >= 0.6 is 31.9 Å². The lowest BCUT2D eigenvalue weighted by atomic mass is 10.2. The van der Waals surface area contributed by atoms with Crippen LogP contribution in [0.3, 0.4) is 0 Å². The Morgan fingerprint density at radius 2 is 1.00 bits per heavy atom. The molecule has 26 heavy (non-hydrogen) atoms. The van der Waals surface area contributed by atoms with Gasteiger partial charge in [-0.1, -0.05) is 36.4 Å². The summed E-state index contributed by atoms with van der Waals surface area (Å²) in [5.74, 6) is -0.456. The Morgan fingerprint density at radius 3 is 1.38 bits per heavy atom. The zero-order chi connectivity index (χ0) is 18.5. The molecule has 0 aliphatic carbocycles. The predicted octanol–water partition coefficient (Wildman–Crippen LogP) is 5.72. The molecule has 0 heterocycles. The lowest BCUT2D eigenvalue weighted by Gasteiger charge is -2.13. The summed E-state index contributed by atoms with van der Waals surface area (Å²) in [5, 5.41) is 5.70. The van der Waals surface area contributed by atoms with Crippen molar-refractivity contribution in [3.05, 3.63) is 92.9 Å². The molecule has 2 amide bonds. The first-order chi connectivity index (χ1) is 12.5. The van der Waals surface area contributed by atoms with Gasteiger partial charge < -0.3 is 10.6 Å². The van der Waals surface area contributed by atoms with Crippen LogP contribution < -0.4 is 10.6 Å². The molecular formula is C20H14Br2N2O2. The molecule has 2 N–H and O–H groups in total. The quantitative estimate of drug-likeness (QED) is 0.509. The Morgan fingerprint density at radius 1 is 0.615 bits per heavy atom. The molecule has 0 unspecified atom stereocenters. The van der Waals surface area contributed by atoms with Crippen molar-refractivity contribution in [1.29, 1.82) is 0 Å². The van der Waals surface area contributed by atoms with Gasteiger partial charge in [0, 0.05) is 20.1 Å². The number of carbonyl (C=O) groups is 2. The maximum absolute atomic E-state index is 12.4. The van der Waals surface area contributed by atoms with Crippen LogP contribution in [0.2, 0.25) is 0 Å². The first-order valence-electron chi connectivity index (χ1n) is 7.76. The van der Waals surface area contributed by atoms with Gasteiger partial charge in [-0.2, -0.15) is 0 Å². The summed E-state index contributed by atoms with van der Waals surface area (Å²) in [5.41, 5.74) is 2.23. The number of hydrogen-bond donors (Lipinski definition) is 2. The summed E-state index contributed by atoms with van der Waals surface area (Å²) in [6.07, 6.45) is 0. The normalized spacial score (nSPS) is 10.2. The van der Waals surface area contributed by atoms with Crippen molar-refractivity contribution in [3.8, 4) is 0 Å². The number of nitrogens with one attached hydrogen (secondary N) is 2. The smallest absolute Gasteiger partial charge is 0.255 e. The Kier molecular flexibility index (Phi) is 5.85. The molecule has 0 spiro atoms. The molecule has 3 aromatic carbocycles. The summed E-state index contributed by atoms with van der Waals surface area (Å²) in [6.45, 7) is 0. The first kappa shape index (κ1) is 18.4. The van der Waals surface area contributed by atoms with Crippen LogP contribution in [0.25, 0.3) is 0 Å². The highest BCUT2D eigenvalue weighted by atomic mass is 79.9. The fourth-order valence-corrected chi connectivity index (χ4v) is 3.50. The van der Waals surface area contributed by atoms with Gasteiger partial charge in [-0.15, -0.1) is 0 Å². The minimum absolute atomic E-state index is 0.228. The number of amides is 2. The van der Waals surface area contributed by atoms with E-state index in [0.717, 1.165) is 0 Å². The Bertz CT molecular complexity index is 870. The van der Waals surface area contributed by atoms with Crippen molar-refractivity contribution < 1.29 is 9.59 Å². The maximum Gasteiger partial charge on any atom is 0.255 e. The van der Waals surface area contributed by atoms with Gasteiger partial charge >= 0.3 is 0 Å². The summed E-state index contributed by atoms with van der Waals surface area (Å²) in [4.78, 5) is 24.8. The number of benzene rings is 3. The van der Waals surface area contributed by atoms with Crippen LogP contribution in [0, 0.1) is 0 Å². The van der Waals surface area contributed by atoms with Crippen LogP contribution in [0.15, 0.2) is 81.7 Å². The summed E-state index contributed by atoms with van der Waals surface area (Å²) in [7, 11) is 0. The molecule has 0 radical (unpaired) electrons. The molecule has 0 fully saturated rings. The van der Waals surface area contributed by atoms with Crippen LogP contribution in [-0.2, 0) is 0 Å². The van der Waals surface area contributed by atoms with E-state index in [4.69, 9.17) is 0 Å². The molecule has 0 atom stereocenters.